The van der Waals surface area contributed by atoms with Crippen molar-refractivity contribution in [3.05, 3.63) is 110 Å². The van der Waals surface area contributed by atoms with Gasteiger partial charge in [-0.2, -0.15) is 4.57 Å². The molecule has 2 nitrogen and oxygen atoms in total. The number of allylic oxidation sites excluding steroid dienone is 1. The molecule has 0 aliphatic carbocycles. The van der Waals surface area contributed by atoms with E-state index < -0.39 is 7.25 Å². The van der Waals surface area contributed by atoms with Crippen molar-refractivity contribution in [2.45, 2.75) is 6.54 Å². The molecule has 0 amide bonds. The van der Waals surface area contributed by atoms with Crippen molar-refractivity contribution in [1.82, 2.24) is 4.98 Å². The lowest BCUT2D eigenvalue weighted by atomic mass is 10.0. The van der Waals surface area contributed by atoms with Gasteiger partial charge in [0, 0.05) is 23.9 Å². The Morgan fingerprint density at radius 2 is 1.25 bits per heavy atom. The quantitative estimate of drug-likeness (QED) is 0.145. The van der Waals surface area contributed by atoms with E-state index in [9.17, 15) is 17.3 Å². The monoisotopic (exact) mass is 436 g/mol. The summed E-state index contributed by atoms with van der Waals surface area (Å²) in [5.74, 6) is 0. The third kappa shape index (κ3) is 6.38. The molecule has 2 aromatic heterocycles. The fourth-order valence-electron chi connectivity index (χ4n) is 3.32. The van der Waals surface area contributed by atoms with E-state index in [0.717, 1.165) is 17.1 Å². The molecule has 0 spiro atoms. The van der Waals surface area contributed by atoms with Gasteiger partial charge in [0.2, 0.25) is 11.4 Å². The van der Waals surface area contributed by atoms with E-state index in [2.05, 4.69) is 82.9 Å². The second kappa shape index (κ2) is 10.5. The van der Waals surface area contributed by atoms with E-state index in [1.165, 1.54) is 16.7 Å². The summed E-state index contributed by atoms with van der Waals surface area (Å²) in [6.45, 7) is 4.68. The van der Waals surface area contributed by atoms with E-state index in [-0.39, 0.29) is 0 Å². The smallest absolute Gasteiger partial charge is 0.418 e. The zero-order valence-corrected chi connectivity index (χ0v) is 17.2. The number of hydrogen-bond acceptors (Lipinski definition) is 1. The Labute approximate surface area is 184 Å². The highest BCUT2D eigenvalue weighted by Crippen LogP contribution is 2.28. The largest absolute Gasteiger partial charge is 0.673 e. The van der Waals surface area contributed by atoms with Crippen LogP contribution < -0.4 is 4.57 Å². The maximum atomic E-state index is 9.75. The van der Waals surface area contributed by atoms with Gasteiger partial charge in [0.05, 0.1) is 0 Å². The molecule has 0 radical (unpaired) electrons. The summed E-state index contributed by atoms with van der Waals surface area (Å²) in [7, 11) is -6.00. The first-order valence-corrected chi connectivity index (χ1v) is 9.95. The van der Waals surface area contributed by atoms with Crippen molar-refractivity contribution >= 4 is 7.25 Å². The van der Waals surface area contributed by atoms with Crippen molar-refractivity contribution in [2.24, 2.45) is 0 Å². The highest BCUT2D eigenvalue weighted by molar-refractivity contribution is 6.50. The fraction of sp³-hybridized carbons (Fsp3) is 0.0400. The van der Waals surface area contributed by atoms with Gasteiger partial charge in [-0.3, -0.25) is 0 Å². The lowest BCUT2D eigenvalue weighted by Gasteiger charge is -2.11. The molecule has 0 atom stereocenters. The van der Waals surface area contributed by atoms with E-state index in [1.807, 2.05) is 36.5 Å². The maximum absolute atomic E-state index is 9.75. The lowest BCUT2D eigenvalue weighted by Crippen LogP contribution is -2.38. The zero-order chi connectivity index (χ0) is 23.0. The van der Waals surface area contributed by atoms with Gasteiger partial charge in [-0.15, -0.1) is 0 Å². The van der Waals surface area contributed by atoms with Gasteiger partial charge in [0.15, 0.2) is 6.54 Å². The first-order chi connectivity index (χ1) is 15.4. The molecule has 2 aromatic carbocycles. The molecule has 32 heavy (non-hydrogen) atoms. The first-order valence-electron chi connectivity index (χ1n) is 9.95. The summed E-state index contributed by atoms with van der Waals surface area (Å²) in [6, 6.07) is 31.4. The molecule has 0 N–H and O–H groups in total. The zero-order valence-electron chi connectivity index (χ0n) is 17.2. The maximum Gasteiger partial charge on any atom is 0.673 e. The summed E-state index contributed by atoms with van der Waals surface area (Å²) in [4.78, 5) is 4.61. The molecule has 7 heteroatoms. The predicted molar refractivity (Wildman–Crippen MR) is 121 cm³/mol. The minimum Gasteiger partial charge on any atom is -0.418 e. The Bertz CT molecular complexity index is 1080. The summed E-state index contributed by atoms with van der Waals surface area (Å²) in [5, 5.41) is 0. The third-order valence-electron chi connectivity index (χ3n) is 4.58. The van der Waals surface area contributed by atoms with Gasteiger partial charge in [-0.05, 0) is 41.5 Å². The molecule has 2 heterocycles. The first kappa shape index (κ1) is 22.9. The number of benzene rings is 2. The summed E-state index contributed by atoms with van der Waals surface area (Å²) < 4.78 is 41.3. The minimum atomic E-state index is -6.00. The highest BCUT2D eigenvalue weighted by atomic mass is 19.5. The summed E-state index contributed by atoms with van der Waals surface area (Å²) in [5.41, 5.74) is 6.73. The van der Waals surface area contributed by atoms with E-state index in [1.54, 1.807) is 0 Å². The Kier molecular flexibility index (Phi) is 7.55. The molecule has 4 rings (SSSR count). The van der Waals surface area contributed by atoms with Crippen LogP contribution in [0.3, 0.4) is 0 Å². The Balaban J connectivity index is 0.000000523. The van der Waals surface area contributed by atoms with Crippen LogP contribution in [0.5, 0.6) is 0 Å². The van der Waals surface area contributed by atoms with Crippen molar-refractivity contribution in [3.8, 4) is 33.8 Å². The van der Waals surface area contributed by atoms with Crippen LogP contribution in [-0.2, 0) is 6.54 Å². The van der Waals surface area contributed by atoms with Crippen molar-refractivity contribution < 1.29 is 21.8 Å². The Hall–Kier alpha value is -3.74. The highest BCUT2D eigenvalue weighted by Gasteiger charge is 2.22. The molecule has 0 saturated heterocycles. The molecule has 0 fully saturated rings. The number of pyridine rings is 2. The van der Waals surface area contributed by atoms with Crippen LogP contribution in [0.25, 0.3) is 33.8 Å². The molecule has 0 saturated carbocycles. The van der Waals surface area contributed by atoms with E-state index >= 15 is 0 Å². The van der Waals surface area contributed by atoms with Crippen LogP contribution in [0.4, 0.5) is 17.3 Å². The average Bonchev–Trinajstić information content (AvgIpc) is 2.80. The molecule has 0 bridgehead atoms. The number of rotatable bonds is 5. The van der Waals surface area contributed by atoms with E-state index in [0.29, 0.717) is 6.54 Å². The lowest BCUT2D eigenvalue weighted by molar-refractivity contribution is -0.665. The fourth-order valence-corrected chi connectivity index (χ4v) is 3.32. The average molecular weight is 436 g/mol. The Morgan fingerprint density at radius 3 is 1.78 bits per heavy atom. The predicted octanol–water partition coefficient (Wildman–Crippen LogP) is 6.86. The van der Waals surface area contributed by atoms with Crippen LogP contribution in [0.1, 0.15) is 0 Å². The van der Waals surface area contributed by atoms with E-state index in [4.69, 9.17) is 0 Å². The normalized spacial score (nSPS) is 10.8. The van der Waals surface area contributed by atoms with Crippen molar-refractivity contribution in [2.75, 3.05) is 0 Å². The molecular formula is C25H21BF4N2. The van der Waals surface area contributed by atoms with Crippen LogP contribution in [0.2, 0.25) is 0 Å². The van der Waals surface area contributed by atoms with Gasteiger partial charge in [-0.25, -0.2) is 4.98 Å². The number of nitrogens with zero attached hydrogens (tertiary/aromatic N) is 2. The number of hydrogen-bond donors (Lipinski definition) is 0. The summed E-state index contributed by atoms with van der Waals surface area (Å²) in [6.07, 6.45) is 3.77. The van der Waals surface area contributed by atoms with Crippen LogP contribution in [-0.4, -0.2) is 12.2 Å². The van der Waals surface area contributed by atoms with Gasteiger partial charge in [0.1, 0.15) is 5.69 Å². The van der Waals surface area contributed by atoms with Gasteiger partial charge in [-0.1, -0.05) is 61.2 Å². The van der Waals surface area contributed by atoms with Crippen LogP contribution in [0, 0.1) is 0 Å². The summed E-state index contributed by atoms with van der Waals surface area (Å²) >= 11 is 0. The minimum absolute atomic E-state index is 0.713. The molecule has 162 valence electrons. The van der Waals surface area contributed by atoms with Gasteiger partial charge < -0.3 is 17.3 Å². The molecule has 0 aliphatic heterocycles. The second-order valence-electron chi connectivity index (χ2n) is 6.86. The van der Waals surface area contributed by atoms with Crippen LogP contribution >= 0.6 is 0 Å². The molecule has 4 aromatic rings. The number of aromatic nitrogens is 2. The molecular weight excluding hydrogens is 415 g/mol. The molecule has 0 aliphatic rings. The second-order valence-corrected chi connectivity index (χ2v) is 6.86. The van der Waals surface area contributed by atoms with Crippen LogP contribution in [0.15, 0.2) is 110 Å². The van der Waals surface area contributed by atoms with Crippen molar-refractivity contribution in [1.29, 1.82) is 0 Å². The molecule has 0 unspecified atom stereocenters. The van der Waals surface area contributed by atoms with Gasteiger partial charge in [0.25, 0.3) is 0 Å². The third-order valence-corrected chi connectivity index (χ3v) is 4.58. The topological polar surface area (TPSA) is 16.8 Å². The number of halogens is 4. The van der Waals surface area contributed by atoms with Gasteiger partial charge >= 0.3 is 7.25 Å². The van der Waals surface area contributed by atoms with Crippen molar-refractivity contribution in [3.63, 3.8) is 0 Å². The SMILES string of the molecule is C=CC[n+]1c(-c2ccccc2)cc(-c2ccccc2)cc1-c1ccccn1.F[B-](F)(F)F. The standard InChI is InChI=1S/C25H21N2.BF4/c1-2-17-27-24(21-13-7-4-8-14-21)18-22(20-11-5-3-6-12-20)19-25(27)23-15-9-10-16-26-23;2-1(3,4)5/h2-16,18-19H,1,17H2;/q+1;-1. The Morgan fingerprint density at radius 1 is 0.719 bits per heavy atom.